The van der Waals surface area contributed by atoms with E-state index in [4.69, 9.17) is 9.47 Å². The molecule has 14 heavy (non-hydrogen) atoms. The van der Waals surface area contributed by atoms with Crippen LogP contribution in [0.4, 0.5) is 0 Å². The van der Waals surface area contributed by atoms with Gasteiger partial charge in [-0.3, -0.25) is 0 Å². The molecule has 0 saturated heterocycles. The van der Waals surface area contributed by atoms with Crippen molar-refractivity contribution in [2.45, 2.75) is 39.7 Å². The van der Waals surface area contributed by atoms with Crippen LogP contribution in [-0.4, -0.2) is 25.3 Å². The molecule has 0 rings (SSSR count). The Bertz CT molecular complexity index is 173. The molecule has 0 aliphatic rings. The largest absolute Gasteiger partial charge is 0.461 e. The predicted molar refractivity (Wildman–Crippen MR) is 56.1 cm³/mol. The van der Waals surface area contributed by atoms with Crippen LogP contribution in [0.1, 0.15) is 33.6 Å². The van der Waals surface area contributed by atoms with E-state index in [1.807, 2.05) is 26.0 Å². The number of hydrogen-bond donors (Lipinski definition) is 0. The van der Waals surface area contributed by atoms with E-state index < -0.39 is 0 Å². The molecule has 0 aliphatic carbocycles. The second kappa shape index (κ2) is 8.75. The zero-order valence-electron chi connectivity index (χ0n) is 9.29. The Morgan fingerprint density at radius 1 is 1.36 bits per heavy atom. The molecule has 0 heterocycles. The maximum Gasteiger partial charge on any atom is 0.332 e. The van der Waals surface area contributed by atoms with Crippen LogP contribution >= 0.6 is 0 Å². The van der Waals surface area contributed by atoms with E-state index in [0.29, 0.717) is 6.61 Å². The van der Waals surface area contributed by atoms with Crippen LogP contribution in [0.2, 0.25) is 0 Å². The van der Waals surface area contributed by atoms with Crippen LogP contribution in [0.15, 0.2) is 12.2 Å². The first-order valence-corrected chi connectivity index (χ1v) is 5.09. The molecule has 0 fully saturated rings. The summed E-state index contributed by atoms with van der Waals surface area (Å²) < 4.78 is 9.97. The fraction of sp³-hybridized carbons (Fsp3) is 0.727. The van der Waals surface area contributed by atoms with E-state index in [1.165, 1.54) is 0 Å². The summed E-state index contributed by atoms with van der Waals surface area (Å²) in [7, 11) is 0. The number of esters is 1. The number of unbranched alkanes of at least 4 members (excludes halogenated alkanes) is 1. The van der Waals surface area contributed by atoms with Crippen LogP contribution in [0, 0.1) is 0 Å². The number of rotatable bonds is 7. The van der Waals surface area contributed by atoms with E-state index in [9.17, 15) is 4.79 Å². The van der Waals surface area contributed by atoms with E-state index in [1.54, 1.807) is 0 Å². The SMILES string of the molecule is CCC/C=C\COCC(=O)OC(C)C. The van der Waals surface area contributed by atoms with Gasteiger partial charge in [-0.25, -0.2) is 4.79 Å². The van der Waals surface area contributed by atoms with Gasteiger partial charge < -0.3 is 9.47 Å². The zero-order valence-corrected chi connectivity index (χ0v) is 9.29. The Morgan fingerprint density at radius 2 is 2.07 bits per heavy atom. The first kappa shape index (κ1) is 13.2. The lowest BCUT2D eigenvalue weighted by Crippen LogP contribution is -2.16. The second-order valence-electron chi connectivity index (χ2n) is 3.31. The highest BCUT2D eigenvalue weighted by molar-refractivity contribution is 5.70. The zero-order chi connectivity index (χ0) is 10.8. The van der Waals surface area contributed by atoms with Crippen molar-refractivity contribution in [3.8, 4) is 0 Å². The standard InChI is InChI=1S/C11H20O3/c1-4-5-6-7-8-13-9-11(12)14-10(2)3/h6-7,10H,4-5,8-9H2,1-3H3/b7-6-. The van der Waals surface area contributed by atoms with E-state index in [2.05, 4.69) is 6.92 Å². The predicted octanol–water partition coefficient (Wildman–Crippen LogP) is 2.31. The quantitative estimate of drug-likeness (QED) is 0.359. The average Bonchev–Trinajstić information content (AvgIpc) is 2.10. The Hall–Kier alpha value is -0.830. The number of carbonyl (C=O) groups excluding carboxylic acids is 1. The monoisotopic (exact) mass is 200 g/mol. The summed E-state index contributed by atoms with van der Waals surface area (Å²) in [5.74, 6) is -0.302. The summed E-state index contributed by atoms with van der Waals surface area (Å²) in [6.07, 6.45) is 6.09. The smallest absolute Gasteiger partial charge is 0.332 e. The van der Waals surface area contributed by atoms with Crippen molar-refractivity contribution in [1.82, 2.24) is 0 Å². The maximum atomic E-state index is 11.0. The Kier molecular flexibility index (Phi) is 8.24. The Labute approximate surface area is 86.1 Å². The summed E-state index contributed by atoms with van der Waals surface area (Å²) in [5, 5.41) is 0. The fourth-order valence-corrected chi connectivity index (χ4v) is 0.860. The fourth-order valence-electron chi connectivity index (χ4n) is 0.860. The minimum Gasteiger partial charge on any atom is -0.461 e. The lowest BCUT2D eigenvalue weighted by molar-refractivity contribution is -0.152. The molecular formula is C11H20O3. The van der Waals surface area contributed by atoms with E-state index in [0.717, 1.165) is 12.8 Å². The number of allylic oxidation sites excluding steroid dienone is 1. The minimum atomic E-state index is -0.302. The molecule has 0 saturated carbocycles. The first-order valence-electron chi connectivity index (χ1n) is 5.09. The first-order chi connectivity index (χ1) is 6.66. The molecule has 0 aromatic carbocycles. The molecule has 0 spiro atoms. The van der Waals surface area contributed by atoms with Crippen molar-refractivity contribution >= 4 is 5.97 Å². The van der Waals surface area contributed by atoms with Gasteiger partial charge in [0, 0.05) is 0 Å². The number of ether oxygens (including phenoxy) is 2. The van der Waals surface area contributed by atoms with Gasteiger partial charge in [-0.15, -0.1) is 0 Å². The molecule has 82 valence electrons. The molecule has 3 heteroatoms. The van der Waals surface area contributed by atoms with Crippen molar-refractivity contribution in [3.05, 3.63) is 12.2 Å². The summed E-state index contributed by atoms with van der Waals surface area (Å²) >= 11 is 0. The van der Waals surface area contributed by atoms with Crippen molar-refractivity contribution in [2.75, 3.05) is 13.2 Å². The van der Waals surface area contributed by atoms with Crippen LogP contribution in [0.3, 0.4) is 0 Å². The van der Waals surface area contributed by atoms with Crippen LogP contribution in [0.25, 0.3) is 0 Å². The Balaban J connectivity index is 3.31. The molecule has 0 aromatic heterocycles. The van der Waals surface area contributed by atoms with Crippen molar-refractivity contribution in [2.24, 2.45) is 0 Å². The second-order valence-corrected chi connectivity index (χ2v) is 3.31. The summed E-state index contributed by atoms with van der Waals surface area (Å²) in [4.78, 5) is 11.0. The summed E-state index contributed by atoms with van der Waals surface area (Å²) in [6.45, 7) is 6.27. The van der Waals surface area contributed by atoms with Gasteiger partial charge in [0.2, 0.25) is 0 Å². The molecule has 0 unspecified atom stereocenters. The maximum absolute atomic E-state index is 11.0. The van der Waals surface area contributed by atoms with Gasteiger partial charge in [0.1, 0.15) is 6.61 Å². The highest BCUT2D eigenvalue weighted by Gasteiger charge is 2.03. The van der Waals surface area contributed by atoms with E-state index in [-0.39, 0.29) is 18.7 Å². The normalized spacial score (nSPS) is 11.1. The molecule has 0 aliphatic heterocycles. The lowest BCUT2D eigenvalue weighted by Gasteiger charge is -2.06. The summed E-state index contributed by atoms with van der Waals surface area (Å²) in [6, 6.07) is 0. The third-order valence-electron chi connectivity index (χ3n) is 1.42. The topological polar surface area (TPSA) is 35.5 Å². The van der Waals surface area contributed by atoms with Crippen molar-refractivity contribution in [1.29, 1.82) is 0 Å². The van der Waals surface area contributed by atoms with Gasteiger partial charge in [-0.05, 0) is 20.3 Å². The van der Waals surface area contributed by atoms with Gasteiger partial charge in [0.15, 0.2) is 0 Å². The van der Waals surface area contributed by atoms with E-state index >= 15 is 0 Å². The molecular weight excluding hydrogens is 180 g/mol. The number of carbonyl (C=O) groups is 1. The molecule has 0 atom stereocenters. The minimum absolute atomic E-state index is 0.0364. The highest BCUT2D eigenvalue weighted by Crippen LogP contribution is 1.91. The number of hydrogen-bond acceptors (Lipinski definition) is 3. The molecule has 0 aromatic rings. The van der Waals surface area contributed by atoms with Crippen molar-refractivity contribution in [3.63, 3.8) is 0 Å². The molecule has 0 bridgehead atoms. The van der Waals surface area contributed by atoms with Gasteiger partial charge in [-0.2, -0.15) is 0 Å². The molecule has 0 N–H and O–H groups in total. The van der Waals surface area contributed by atoms with Crippen LogP contribution in [-0.2, 0) is 14.3 Å². The van der Waals surface area contributed by atoms with Gasteiger partial charge in [-0.1, -0.05) is 25.5 Å². The lowest BCUT2D eigenvalue weighted by atomic mass is 10.3. The molecule has 3 nitrogen and oxygen atoms in total. The Morgan fingerprint density at radius 3 is 2.64 bits per heavy atom. The van der Waals surface area contributed by atoms with Gasteiger partial charge in [0.25, 0.3) is 0 Å². The third-order valence-corrected chi connectivity index (χ3v) is 1.42. The molecule has 0 amide bonds. The summed E-state index contributed by atoms with van der Waals surface area (Å²) in [5.41, 5.74) is 0. The third kappa shape index (κ3) is 9.26. The van der Waals surface area contributed by atoms with Crippen LogP contribution < -0.4 is 0 Å². The average molecular weight is 200 g/mol. The van der Waals surface area contributed by atoms with Gasteiger partial charge >= 0.3 is 5.97 Å². The molecule has 0 radical (unpaired) electrons. The van der Waals surface area contributed by atoms with Gasteiger partial charge in [0.05, 0.1) is 12.7 Å². The van der Waals surface area contributed by atoms with Crippen molar-refractivity contribution < 1.29 is 14.3 Å². The van der Waals surface area contributed by atoms with Crippen LogP contribution in [0.5, 0.6) is 0 Å². The highest BCUT2D eigenvalue weighted by atomic mass is 16.6.